The van der Waals surface area contributed by atoms with Gasteiger partial charge in [-0.2, -0.15) is 5.10 Å². The Bertz CT molecular complexity index is 1370. The fourth-order valence-corrected chi connectivity index (χ4v) is 3.55. The fraction of sp³-hybridized carbons (Fsp3) is 0.115. The van der Waals surface area contributed by atoms with E-state index in [0.717, 1.165) is 6.07 Å². The third-order valence-corrected chi connectivity index (χ3v) is 5.09. The molecular formula is C26H20F2N2O5. The van der Waals surface area contributed by atoms with Gasteiger partial charge in [0.15, 0.2) is 5.69 Å². The molecule has 0 N–H and O–H groups in total. The van der Waals surface area contributed by atoms with Crippen molar-refractivity contribution in [2.24, 2.45) is 0 Å². The van der Waals surface area contributed by atoms with Crippen LogP contribution in [0.1, 0.15) is 26.4 Å². The Morgan fingerprint density at radius 1 is 0.857 bits per heavy atom. The minimum Gasteiger partial charge on any atom is -0.489 e. The average Bonchev–Trinajstić information content (AvgIpc) is 3.27. The van der Waals surface area contributed by atoms with Crippen LogP contribution in [-0.4, -0.2) is 35.9 Å². The van der Waals surface area contributed by atoms with Gasteiger partial charge in [0.1, 0.15) is 35.2 Å². The van der Waals surface area contributed by atoms with Crippen molar-refractivity contribution in [3.8, 4) is 22.7 Å². The summed E-state index contributed by atoms with van der Waals surface area (Å²) in [5.41, 5.74) is 1.29. The molecule has 0 aliphatic rings. The maximum absolute atomic E-state index is 13.5. The number of carbonyl (C=O) groups excluding carboxylic acids is 2. The molecule has 9 heteroatoms. The summed E-state index contributed by atoms with van der Waals surface area (Å²) in [6.07, 6.45) is 0. The molecule has 0 spiro atoms. The van der Waals surface area contributed by atoms with E-state index in [1.54, 1.807) is 54.6 Å². The predicted molar refractivity (Wildman–Crippen MR) is 122 cm³/mol. The number of rotatable bonds is 7. The number of benzene rings is 3. The van der Waals surface area contributed by atoms with Gasteiger partial charge in [-0.25, -0.2) is 23.1 Å². The Labute approximate surface area is 199 Å². The second-order valence-corrected chi connectivity index (χ2v) is 7.40. The van der Waals surface area contributed by atoms with Gasteiger partial charge in [0.2, 0.25) is 0 Å². The van der Waals surface area contributed by atoms with Crippen LogP contribution < -0.4 is 4.74 Å². The number of carbonyl (C=O) groups is 2. The molecular weight excluding hydrogens is 458 g/mol. The summed E-state index contributed by atoms with van der Waals surface area (Å²) in [4.78, 5) is 25.5. The first-order valence-corrected chi connectivity index (χ1v) is 10.4. The lowest BCUT2D eigenvalue weighted by atomic mass is 10.1. The second kappa shape index (κ2) is 10.2. The topological polar surface area (TPSA) is 79.7 Å². The third kappa shape index (κ3) is 5.03. The van der Waals surface area contributed by atoms with E-state index < -0.39 is 23.6 Å². The lowest BCUT2D eigenvalue weighted by Crippen LogP contribution is -2.15. The first-order valence-electron chi connectivity index (χ1n) is 10.4. The highest BCUT2D eigenvalue weighted by Gasteiger charge is 2.31. The number of halogens is 2. The van der Waals surface area contributed by atoms with E-state index in [9.17, 15) is 18.4 Å². The van der Waals surface area contributed by atoms with E-state index >= 15 is 0 Å². The summed E-state index contributed by atoms with van der Waals surface area (Å²) in [5, 5.41) is 4.53. The van der Waals surface area contributed by atoms with Gasteiger partial charge in [-0.3, -0.25) is 0 Å². The molecule has 0 unspecified atom stereocenters. The number of esters is 2. The van der Waals surface area contributed by atoms with Crippen molar-refractivity contribution in [3.05, 3.63) is 101 Å². The summed E-state index contributed by atoms with van der Waals surface area (Å²) in [5.74, 6) is -2.60. The standard InChI is InChI=1S/C26H20F2N2O5/c1-33-25(31)22-23(29-30(24(22)26(32)34-2)20-8-4-3-5-9-20)17-7-6-10-21(13-17)35-15-16-11-18(27)14-19(28)12-16/h3-14H,15H2,1-2H3. The zero-order chi connectivity index (χ0) is 24.9. The van der Waals surface area contributed by atoms with Gasteiger partial charge in [0.25, 0.3) is 0 Å². The van der Waals surface area contributed by atoms with Gasteiger partial charge in [0.05, 0.1) is 19.9 Å². The lowest BCUT2D eigenvalue weighted by molar-refractivity contribution is 0.0549. The molecule has 0 aliphatic heterocycles. The Morgan fingerprint density at radius 2 is 1.54 bits per heavy atom. The highest BCUT2D eigenvalue weighted by molar-refractivity contribution is 6.06. The van der Waals surface area contributed by atoms with E-state index in [1.165, 1.54) is 31.0 Å². The van der Waals surface area contributed by atoms with Crippen LogP contribution >= 0.6 is 0 Å². The average molecular weight is 478 g/mol. The van der Waals surface area contributed by atoms with Crippen LogP contribution in [0.25, 0.3) is 16.9 Å². The number of nitrogens with zero attached hydrogens (tertiary/aromatic N) is 2. The van der Waals surface area contributed by atoms with Crippen LogP contribution in [0.4, 0.5) is 8.78 Å². The van der Waals surface area contributed by atoms with E-state index in [2.05, 4.69) is 5.10 Å². The van der Waals surface area contributed by atoms with Crippen LogP contribution in [0.2, 0.25) is 0 Å². The van der Waals surface area contributed by atoms with Gasteiger partial charge in [-0.15, -0.1) is 0 Å². The maximum atomic E-state index is 13.5. The smallest absolute Gasteiger partial charge is 0.357 e. The maximum Gasteiger partial charge on any atom is 0.357 e. The molecule has 0 saturated carbocycles. The Hall–Kier alpha value is -4.53. The molecule has 0 atom stereocenters. The second-order valence-electron chi connectivity index (χ2n) is 7.40. The lowest BCUT2D eigenvalue weighted by Gasteiger charge is -2.09. The van der Waals surface area contributed by atoms with Crippen molar-refractivity contribution in [3.63, 3.8) is 0 Å². The molecule has 0 amide bonds. The number of aromatic nitrogens is 2. The molecule has 4 aromatic rings. The first kappa shape index (κ1) is 23.6. The number of methoxy groups -OCH3 is 2. The number of para-hydroxylation sites is 1. The van der Waals surface area contributed by atoms with Gasteiger partial charge in [-0.05, 0) is 42.0 Å². The van der Waals surface area contributed by atoms with Crippen molar-refractivity contribution < 1.29 is 32.6 Å². The molecule has 0 bridgehead atoms. The normalized spacial score (nSPS) is 10.6. The first-order chi connectivity index (χ1) is 16.9. The SMILES string of the molecule is COC(=O)c1c(-c2cccc(OCc3cc(F)cc(F)c3)c2)nn(-c2ccccc2)c1C(=O)OC. The van der Waals surface area contributed by atoms with Crippen molar-refractivity contribution in [1.82, 2.24) is 9.78 Å². The van der Waals surface area contributed by atoms with Crippen molar-refractivity contribution in [2.45, 2.75) is 6.61 Å². The van der Waals surface area contributed by atoms with E-state index in [4.69, 9.17) is 14.2 Å². The summed E-state index contributed by atoms with van der Waals surface area (Å²) >= 11 is 0. The molecule has 1 aromatic heterocycles. The quantitative estimate of drug-likeness (QED) is 0.349. The van der Waals surface area contributed by atoms with Crippen LogP contribution in [-0.2, 0) is 16.1 Å². The molecule has 1 heterocycles. The van der Waals surface area contributed by atoms with Crippen LogP contribution in [0, 0.1) is 11.6 Å². The molecule has 0 aliphatic carbocycles. The highest BCUT2D eigenvalue weighted by Crippen LogP contribution is 2.31. The molecule has 178 valence electrons. The largest absolute Gasteiger partial charge is 0.489 e. The zero-order valence-corrected chi connectivity index (χ0v) is 18.8. The molecule has 0 radical (unpaired) electrons. The monoisotopic (exact) mass is 478 g/mol. The van der Waals surface area contributed by atoms with Crippen LogP contribution in [0.5, 0.6) is 5.75 Å². The summed E-state index contributed by atoms with van der Waals surface area (Å²) in [7, 11) is 2.40. The summed E-state index contributed by atoms with van der Waals surface area (Å²) < 4.78 is 43.8. The van der Waals surface area contributed by atoms with Crippen molar-refractivity contribution in [1.29, 1.82) is 0 Å². The van der Waals surface area contributed by atoms with Crippen molar-refractivity contribution >= 4 is 11.9 Å². The Kier molecular flexibility index (Phi) is 6.86. The highest BCUT2D eigenvalue weighted by atomic mass is 19.1. The third-order valence-electron chi connectivity index (χ3n) is 5.09. The van der Waals surface area contributed by atoms with Crippen LogP contribution in [0.3, 0.4) is 0 Å². The summed E-state index contributed by atoms with van der Waals surface area (Å²) in [6, 6.07) is 18.5. The van der Waals surface area contributed by atoms with Crippen molar-refractivity contribution in [2.75, 3.05) is 14.2 Å². The molecule has 35 heavy (non-hydrogen) atoms. The van der Waals surface area contributed by atoms with Gasteiger partial charge in [0, 0.05) is 11.6 Å². The van der Waals surface area contributed by atoms with E-state index in [1.807, 2.05) is 0 Å². The van der Waals surface area contributed by atoms with E-state index in [0.29, 0.717) is 22.6 Å². The summed E-state index contributed by atoms with van der Waals surface area (Å²) in [6.45, 7) is -0.0894. The van der Waals surface area contributed by atoms with Gasteiger partial charge < -0.3 is 14.2 Å². The molecule has 3 aromatic carbocycles. The molecule has 7 nitrogen and oxygen atoms in total. The fourth-order valence-electron chi connectivity index (χ4n) is 3.55. The van der Waals surface area contributed by atoms with Gasteiger partial charge >= 0.3 is 11.9 Å². The predicted octanol–water partition coefficient (Wildman–Crippen LogP) is 4.97. The van der Waals surface area contributed by atoms with Crippen LogP contribution in [0.15, 0.2) is 72.8 Å². The number of ether oxygens (including phenoxy) is 3. The number of hydrogen-bond acceptors (Lipinski definition) is 6. The minimum atomic E-state index is -0.774. The van der Waals surface area contributed by atoms with Gasteiger partial charge in [-0.1, -0.05) is 30.3 Å². The molecule has 0 saturated heterocycles. The molecule has 4 rings (SSSR count). The minimum absolute atomic E-state index is 0.0763. The molecule has 0 fully saturated rings. The Morgan fingerprint density at radius 3 is 2.20 bits per heavy atom. The van der Waals surface area contributed by atoms with E-state index in [-0.39, 0.29) is 23.6 Å². The Balaban J connectivity index is 1.78. The zero-order valence-electron chi connectivity index (χ0n) is 18.8. The number of hydrogen-bond donors (Lipinski definition) is 0.